The average molecular weight is 486 g/mol. The minimum Gasteiger partial charge on any atom is -0.451 e. The van der Waals surface area contributed by atoms with Crippen molar-refractivity contribution in [3.63, 3.8) is 0 Å². The second-order valence-electron chi connectivity index (χ2n) is 7.97. The summed E-state index contributed by atoms with van der Waals surface area (Å²) in [6, 6.07) is 9.78. The van der Waals surface area contributed by atoms with E-state index in [2.05, 4.69) is 9.88 Å². The Kier molecular flexibility index (Phi) is 6.36. The smallest absolute Gasteiger partial charge is 0.295 e. The molecule has 1 aliphatic heterocycles. The number of thiazole rings is 1. The van der Waals surface area contributed by atoms with Gasteiger partial charge in [-0.2, -0.15) is 0 Å². The molecule has 2 aromatic heterocycles. The van der Waals surface area contributed by atoms with Crippen molar-refractivity contribution in [2.75, 3.05) is 44.3 Å². The van der Waals surface area contributed by atoms with E-state index in [0.717, 1.165) is 43.1 Å². The van der Waals surface area contributed by atoms with Gasteiger partial charge in [0.15, 0.2) is 22.1 Å². The van der Waals surface area contributed by atoms with Crippen LogP contribution in [0.5, 0.6) is 0 Å². The molecule has 34 heavy (non-hydrogen) atoms. The van der Waals surface area contributed by atoms with Crippen molar-refractivity contribution in [1.82, 2.24) is 9.88 Å². The Balaban J connectivity index is 1.49. The summed E-state index contributed by atoms with van der Waals surface area (Å²) in [4.78, 5) is 33.9. The van der Waals surface area contributed by atoms with Crippen molar-refractivity contribution in [3.8, 4) is 0 Å². The Morgan fingerprint density at radius 1 is 1.15 bits per heavy atom. The highest BCUT2D eigenvalue weighted by Gasteiger charge is 2.25. The van der Waals surface area contributed by atoms with Crippen LogP contribution in [-0.4, -0.2) is 55.2 Å². The lowest BCUT2D eigenvalue weighted by atomic mass is 10.2. The van der Waals surface area contributed by atoms with Crippen LogP contribution in [0.4, 0.5) is 13.9 Å². The number of para-hydroxylation sites is 1. The Morgan fingerprint density at radius 2 is 1.94 bits per heavy atom. The monoisotopic (exact) mass is 485 g/mol. The first-order valence-electron chi connectivity index (χ1n) is 10.9. The number of benzene rings is 2. The number of anilines is 1. The summed E-state index contributed by atoms with van der Waals surface area (Å²) in [6.07, 6.45) is 0.607. The molecule has 0 N–H and O–H groups in total. The Hall–Kier alpha value is -3.21. The maximum absolute atomic E-state index is 14.3. The summed E-state index contributed by atoms with van der Waals surface area (Å²) in [5.41, 5.74) is -0.0488. The van der Waals surface area contributed by atoms with Crippen molar-refractivity contribution in [1.29, 1.82) is 0 Å². The second-order valence-corrected chi connectivity index (χ2v) is 8.98. The van der Waals surface area contributed by atoms with E-state index in [1.807, 2.05) is 0 Å². The van der Waals surface area contributed by atoms with E-state index in [0.29, 0.717) is 35.3 Å². The van der Waals surface area contributed by atoms with Gasteiger partial charge >= 0.3 is 0 Å². The predicted octanol–water partition coefficient (Wildman–Crippen LogP) is 4.05. The van der Waals surface area contributed by atoms with Crippen LogP contribution in [0.3, 0.4) is 0 Å². The second kappa shape index (κ2) is 9.57. The van der Waals surface area contributed by atoms with Crippen molar-refractivity contribution in [2.24, 2.45) is 0 Å². The number of amides is 1. The van der Waals surface area contributed by atoms with Crippen molar-refractivity contribution >= 4 is 43.6 Å². The molecule has 1 saturated heterocycles. The molecule has 0 spiro atoms. The van der Waals surface area contributed by atoms with Gasteiger partial charge in [0.05, 0.1) is 23.3 Å². The van der Waals surface area contributed by atoms with Gasteiger partial charge in [0.2, 0.25) is 0 Å². The van der Waals surface area contributed by atoms with Gasteiger partial charge in [-0.25, -0.2) is 13.8 Å². The number of rotatable bonds is 6. The number of carbonyl (C=O) groups is 1. The first-order valence-corrected chi connectivity index (χ1v) is 11.7. The van der Waals surface area contributed by atoms with Crippen LogP contribution in [0, 0.1) is 11.6 Å². The minimum absolute atomic E-state index is 0.00709. The van der Waals surface area contributed by atoms with E-state index in [4.69, 9.17) is 9.15 Å². The topological polar surface area (TPSA) is 75.9 Å². The first kappa shape index (κ1) is 22.6. The lowest BCUT2D eigenvalue weighted by Crippen LogP contribution is -2.39. The third-order valence-electron chi connectivity index (χ3n) is 5.68. The molecule has 1 aliphatic rings. The van der Waals surface area contributed by atoms with Gasteiger partial charge in [-0.1, -0.05) is 23.5 Å². The predicted molar refractivity (Wildman–Crippen MR) is 126 cm³/mol. The number of morpholine rings is 1. The van der Waals surface area contributed by atoms with Crippen LogP contribution in [-0.2, 0) is 4.74 Å². The number of fused-ring (bicyclic) bond motifs is 2. The highest BCUT2D eigenvalue weighted by molar-refractivity contribution is 7.22. The van der Waals surface area contributed by atoms with Gasteiger partial charge in [0, 0.05) is 38.3 Å². The zero-order chi connectivity index (χ0) is 23.7. The summed E-state index contributed by atoms with van der Waals surface area (Å²) in [7, 11) is 0. The van der Waals surface area contributed by atoms with Gasteiger partial charge in [-0.15, -0.1) is 0 Å². The SMILES string of the molecule is O=C(c1cc(=O)c2ccccc2o1)N(CCCN1CCOCC1)c1nc2c(F)cc(F)cc2s1. The molecule has 0 atom stereocenters. The summed E-state index contributed by atoms with van der Waals surface area (Å²) in [5.74, 6) is -2.22. The highest BCUT2D eigenvalue weighted by atomic mass is 32.1. The van der Waals surface area contributed by atoms with Crippen molar-refractivity contribution in [2.45, 2.75) is 6.42 Å². The largest absolute Gasteiger partial charge is 0.451 e. The molecule has 0 radical (unpaired) electrons. The molecule has 10 heteroatoms. The average Bonchev–Trinajstić information content (AvgIpc) is 3.26. The van der Waals surface area contributed by atoms with Crippen LogP contribution in [0.1, 0.15) is 17.0 Å². The molecule has 5 rings (SSSR count). The standard InChI is InChI=1S/C24H21F2N3O4S/c25-15-12-17(26)22-21(13-15)34-24(27-22)29(7-3-6-28-8-10-32-11-9-28)23(31)20-14-18(30)16-4-1-2-5-19(16)33-20/h1-2,4-5,12-14H,3,6-11H2. The first-order chi connectivity index (χ1) is 16.5. The number of ether oxygens (including phenoxy) is 1. The van der Waals surface area contributed by atoms with Crippen LogP contribution in [0.15, 0.2) is 51.7 Å². The van der Waals surface area contributed by atoms with Gasteiger partial charge in [-0.05, 0) is 24.6 Å². The van der Waals surface area contributed by atoms with E-state index in [1.165, 1.54) is 11.0 Å². The maximum atomic E-state index is 14.3. The zero-order valence-corrected chi connectivity index (χ0v) is 18.9. The fourth-order valence-electron chi connectivity index (χ4n) is 3.96. The van der Waals surface area contributed by atoms with E-state index in [9.17, 15) is 18.4 Å². The lowest BCUT2D eigenvalue weighted by Gasteiger charge is -2.27. The van der Waals surface area contributed by atoms with Crippen LogP contribution in [0.2, 0.25) is 0 Å². The van der Waals surface area contributed by atoms with Crippen LogP contribution >= 0.6 is 11.3 Å². The van der Waals surface area contributed by atoms with Gasteiger partial charge in [-0.3, -0.25) is 19.4 Å². The molecular weight excluding hydrogens is 464 g/mol. The summed E-state index contributed by atoms with van der Waals surface area (Å²) >= 11 is 1.01. The summed E-state index contributed by atoms with van der Waals surface area (Å²) < 4.78 is 39.4. The molecule has 0 bridgehead atoms. The highest BCUT2D eigenvalue weighted by Crippen LogP contribution is 2.32. The third kappa shape index (κ3) is 4.56. The fraction of sp³-hybridized carbons (Fsp3) is 0.292. The summed E-state index contributed by atoms with van der Waals surface area (Å²) in [6.45, 7) is 3.92. The number of halogens is 2. The number of nitrogens with zero attached hydrogens (tertiary/aromatic N) is 3. The quantitative estimate of drug-likeness (QED) is 0.410. The molecule has 2 aromatic carbocycles. The number of hydrogen-bond acceptors (Lipinski definition) is 7. The van der Waals surface area contributed by atoms with E-state index >= 15 is 0 Å². The molecule has 7 nitrogen and oxygen atoms in total. The molecule has 4 aromatic rings. The van der Waals surface area contributed by atoms with Gasteiger partial charge < -0.3 is 9.15 Å². The van der Waals surface area contributed by atoms with Crippen LogP contribution < -0.4 is 10.3 Å². The zero-order valence-electron chi connectivity index (χ0n) is 18.1. The lowest BCUT2D eigenvalue weighted by molar-refractivity contribution is 0.0376. The van der Waals surface area contributed by atoms with Gasteiger partial charge in [0.1, 0.15) is 16.9 Å². The Bertz CT molecular complexity index is 1410. The normalized spacial score (nSPS) is 14.6. The van der Waals surface area contributed by atoms with E-state index in [-0.39, 0.29) is 28.4 Å². The molecule has 3 heterocycles. The molecular formula is C24H21F2N3O4S. The molecule has 1 amide bonds. The Morgan fingerprint density at radius 3 is 2.76 bits per heavy atom. The maximum Gasteiger partial charge on any atom is 0.295 e. The Labute approximate surface area is 197 Å². The van der Waals surface area contributed by atoms with E-state index in [1.54, 1.807) is 24.3 Å². The molecule has 0 unspecified atom stereocenters. The fourth-order valence-corrected chi connectivity index (χ4v) is 4.99. The van der Waals surface area contributed by atoms with Gasteiger partial charge in [0.25, 0.3) is 5.91 Å². The van der Waals surface area contributed by atoms with Crippen molar-refractivity contribution < 1.29 is 22.7 Å². The van der Waals surface area contributed by atoms with Crippen LogP contribution in [0.25, 0.3) is 21.2 Å². The minimum atomic E-state index is -0.796. The molecule has 176 valence electrons. The molecule has 0 saturated carbocycles. The number of aromatic nitrogens is 1. The van der Waals surface area contributed by atoms with Crippen molar-refractivity contribution in [3.05, 3.63) is 70.1 Å². The van der Waals surface area contributed by atoms with E-state index < -0.39 is 17.5 Å². The molecule has 0 aliphatic carbocycles. The number of hydrogen-bond donors (Lipinski definition) is 0. The molecule has 1 fully saturated rings. The summed E-state index contributed by atoms with van der Waals surface area (Å²) in [5, 5.41) is 0.581. The number of carbonyl (C=O) groups excluding carboxylic acids is 1. The third-order valence-corrected chi connectivity index (χ3v) is 6.71.